The first kappa shape index (κ1) is 14.9. The van der Waals surface area contributed by atoms with Crippen molar-refractivity contribution in [3.63, 3.8) is 0 Å². The number of hydrogen-bond acceptors (Lipinski definition) is 2. The van der Waals surface area contributed by atoms with Crippen LogP contribution < -0.4 is 5.32 Å². The van der Waals surface area contributed by atoms with Gasteiger partial charge in [0.1, 0.15) is 5.03 Å². The van der Waals surface area contributed by atoms with Crippen molar-refractivity contribution >= 4 is 17.4 Å². The molecular formula is C19H18ClNO. The molecule has 3 rings (SSSR count). The van der Waals surface area contributed by atoms with Crippen molar-refractivity contribution in [3.8, 4) is 0 Å². The van der Waals surface area contributed by atoms with Crippen molar-refractivity contribution in [2.45, 2.75) is 25.3 Å². The Kier molecular flexibility index (Phi) is 4.59. The molecule has 1 aliphatic carbocycles. The Morgan fingerprint density at radius 1 is 0.864 bits per heavy atom. The molecule has 0 radical (unpaired) electrons. The number of carbonyl (C=O) groups is 1. The second kappa shape index (κ2) is 6.80. The third-order valence-corrected chi connectivity index (χ3v) is 4.36. The van der Waals surface area contributed by atoms with Crippen molar-refractivity contribution in [3.05, 3.63) is 82.5 Å². The summed E-state index contributed by atoms with van der Waals surface area (Å²) < 4.78 is 0. The van der Waals surface area contributed by atoms with Gasteiger partial charge >= 0.3 is 0 Å². The van der Waals surface area contributed by atoms with Crippen LogP contribution in [0, 0.1) is 0 Å². The van der Waals surface area contributed by atoms with E-state index in [-0.39, 0.29) is 11.8 Å². The van der Waals surface area contributed by atoms with E-state index in [1.54, 1.807) is 0 Å². The van der Waals surface area contributed by atoms with Gasteiger partial charge in [0.05, 0.1) is 6.04 Å². The Labute approximate surface area is 135 Å². The molecular weight excluding hydrogens is 294 g/mol. The van der Waals surface area contributed by atoms with Gasteiger partial charge in [0, 0.05) is 12.1 Å². The summed E-state index contributed by atoms with van der Waals surface area (Å²) in [5.74, 6) is 0.0373. The molecule has 0 fully saturated rings. The maximum absolute atomic E-state index is 11.8. The number of halogens is 1. The third kappa shape index (κ3) is 3.23. The first-order valence-corrected chi connectivity index (χ1v) is 7.92. The van der Waals surface area contributed by atoms with Crippen molar-refractivity contribution in [2.24, 2.45) is 0 Å². The van der Waals surface area contributed by atoms with Gasteiger partial charge in [-0.1, -0.05) is 72.3 Å². The highest BCUT2D eigenvalue weighted by molar-refractivity contribution is 6.43. The SMILES string of the molecule is O=C1CCCC(NC(c2ccccc2)c2ccccc2)=C1Cl. The van der Waals surface area contributed by atoms with Gasteiger partial charge < -0.3 is 5.32 Å². The molecule has 0 heterocycles. The lowest BCUT2D eigenvalue weighted by molar-refractivity contribution is -0.115. The monoisotopic (exact) mass is 311 g/mol. The van der Waals surface area contributed by atoms with E-state index in [2.05, 4.69) is 29.6 Å². The number of rotatable bonds is 4. The van der Waals surface area contributed by atoms with Gasteiger partial charge in [-0.3, -0.25) is 4.79 Å². The molecule has 0 saturated heterocycles. The van der Waals surface area contributed by atoms with Gasteiger partial charge in [0.15, 0.2) is 5.78 Å². The Morgan fingerprint density at radius 2 is 1.41 bits per heavy atom. The van der Waals surface area contributed by atoms with Crippen LogP contribution in [0.2, 0.25) is 0 Å². The van der Waals surface area contributed by atoms with Gasteiger partial charge in [0.2, 0.25) is 0 Å². The first-order chi connectivity index (χ1) is 10.8. The Bertz CT molecular complexity index is 640. The molecule has 0 atom stereocenters. The van der Waals surface area contributed by atoms with Gasteiger partial charge in [-0.15, -0.1) is 0 Å². The van der Waals surface area contributed by atoms with Crippen LogP contribution in [-0.2, 0) is 4.79 Å². The molecule has 2 nitrogen and oxygen atoms in total. The van der Waals surface area contributed by atoms with E-state index in [9.17, 15) is 4.79 Å². The number of Topliss-reactive ketones (excluding diaryl/α,β-unsaturated/α-hetero) is 1. The van der Waals surface area contributed by atoms with E-state index in [4.69, 9.17) is 11.6 Å². The standard InChI is InChI=1S/C19H18ClNO/c20-18-16(12-7-13-17(18)22)21-19(14-8-3-1-4-9-14)15-10-5-2-6-11-15/h1-6,8-11,19,21H,7,12-13H2. The second-order valence-electron chi connectivity index (χ2n) is 5.47. The minimum absolute atomic E-state index is 0.00273. The second-order valence-corrected chi connectivity index (χ2v) is 5.85. The Morgan fingerprint density at radius 3 is 1.95 bits per heavy atom. The summed E-state index contributed by atoms with van der Waals surface area (Å²) in [6.07, 6.45) is 2.22. The average Bonchev–Trinajstić information content (AvgIpc) is 2.58. The van der Waals surface area contributed by atoms with Gasteiger partial charge in [0.25, 0.3) is 0 Å². The van der Waals surface area contributed by atoms with Crippen LogP contribution in [0.25, 0.3) is 0 Å². The van der Waals surface area contributed by atoms with E-state index in [1.165, 1.54) is 0 Å². The molecule has 1 N–H and O–H groups in total. The van der Waals surface area contributed by atoms with Crippen LogP contribution in [0.1, 0.15) is 36.4 Å². The molecule has 2 aromatic rings. The smallest absolute Gasteiger partial charge is 0.175 e. The minimum Gasteiger partial charge on any atom is -0.376 e. The van der Waals surface area contributed by atoms with Crippen molar-refractivity contribution in [2.75, 3.05) is 0 Å². The summed E-state index contributed by atoms with van der Waals surface area (Å²) in [5, 5.41) is 3.86. The van der Waals surface area contributed by atoms with Gasteiger partial charge in [-0.25, -0.2) is 0 Å². The van der Waals surface area contributed by atoms with Crippen molar-refractivity contribution in [1.82, 2.24) is 5.32 Å². The molecule has 3 heteroatoms. The fourth-order valence-corrected chi connectivity index (χ4v) is 3.02. The normalized spacial score (nSPS) is 15.3. The number of allylic oxidation sites excluding steroid dienone is 2. The van der Waals surface area contributed by atoms with Crippen LogP contribution in [0.3, 0.4) is 0 Å². The molecule has 0 aliphatic heterocycles. The van der Waals surface area contributed by atoms with E-state index >= 15 is 0 Å². The lowest BCUT2D eigenvalue weighted by Gasteiger charge is -2.25. The number of nitrogens with one attached hydrogen (secondary N) is 1. The van der Waals surface area contributed by atoms with E-state index in [1.807, 2.05) is 36.4 Å². The average molecular weight is 312 g/mol. The highest BCUT2D eigenvalue weighted by atomic mass is 35.5. The van der Waals surface area contributed by atoms with E-state index < -0.39 is 0 Å². The van der Waals surface area contributed by atoms with Gasteiger partial charge in [-0.05, 0) is 24.0 Å². The first-order valence-electron chi connectivity index (χ1n) is 7.54. The predicted molar refractivity (Wildman–Crippen MR) is 89.6 cm³/mol. The van der Waals surface area contributed by atoms with Crippen molar-refractivity contribution in [1.29, 1.82) is 0 Å². The van der Waals surface area contributed by atoms with Crippen molar-refractivity contribution < 1.29 is 4.79 Å². The van der Waals surface area contributed by atoms with Crippen LogP contribution >= 0.6 is 11.6 Å². The molecule has 112 valence electrons. The summed E-state index contributed by atoms with van der Waals surface area (Å²) in [7, 11) is 0. The highest BCUT2D eigenvalue weighted by Crippen LogP contribution is 2.29. The highest BCUT2D eigenvalue weighted by Gasteiger charge is 2.22. The Balaban J connectivity index is 1.97. The van der Waals surface area contributed by atoms with Crippen LogP contribution in [0.5, 0.6) is 0 Å². The molecule has 0 spiro atoms. The quantitative estimate of drug-likeness (QED) is 0.896. The molecule has 0 amide bonds. The zero-order chi connectivity index (χ0) is 15.4. The van der Waals surface area contributed by atoms with Crippen LogP contribution in [0.4, 0.5) is 0 Å². The number of ketones is 1. The number of carbonyl (C=O) groups excluding carboxylic acids is 1. The minimum atomic E-state index is -0.00273. The third-order valence-electron chi connectivity index (χ3n) is 3.92. The molecule has 0 saturated carbocycles. The largest absolute Gasteiger partial charge is 0.376 e. The summed E-state index contributed by atoms with van der Waals surface area (Å²) in [4.78, 5) is 11.8. The predicted octanol–water partition coefficient (Wildman–Crippen LogP) is 4.57. The lowest BCUT2D eigenvalue weighted by atomic mass is 9.96. The maximum atomic E-state index is 11.8. The van der Waals surface area contributed by atoms with E-state index in [0.717, 1.165) is 29.7 Å². The van der Waals surface area contributed by atoms with Crippen LogP contribution in [0.15, 0.2) is 71.4 Å². The molecule has 0 bridgehead atoms. The summed E-state index contributed by atoms with van der Waals surface area (Å²) in [6, 6.07) is 20.4. The number of benzene rings is 2. The van der Waals surface area contributed by atoms with Crippen LogP contribution in [-0.4, -0.2) is 5.78 Å². The topological polar surface area (TPSA) is 29.1 Å². The molecule has 1 aliphatic rings. The Hall–Kier alpha value is -2.06. The zero-order valence-electron chi connectivity index (χ0n) is 12.3. The zero-order valence-corrected chi connectivity index (χ0v) is 13.0. The molecule has 0 unspecified atom stereocenters. The molecule has 22 heavy (non-hydrogen) atoms. The number of hydrogen-bond donors (Lipinski definition) is 1. The summed E-state index contributed by atoms with van der Waals surface area (Å²) in [6.45, 7) is 0. The summed E-state index contributed by atoms with van der Waals surface area (Å²) >= 11 is 6.22. The lowest BCUT2D eigenvalue weighted by Crippen LogP contribution is -2.26. The fourth-order valence-electron chi connectivity index (χ4n) is 2.77. The van der Waals surface area contributed by atoms with Gasteiger partial charge in [-0.2, -0.15) is 0 Å². The summed E-state index contributed by atoms with van der Waals surface area (Å²) in [5.41, 5.74) is 3.17. The van der Waals surface area contributed by atoms with E-state index in [0.29, 0.717) is 11.5 Å². The molecule has 2 aromatic carbocycles. The fraction of sp³-hybridized carbons (Fsp3) is 0.211. The maximum Gasteiger partial charge on any atom is 0.175 e. The molecule has 0 aromatic heterocycles.